The number of hydrogen-bond donors (Lipinski definition) is 3. The van der Waals surface area contributed by atoms with E-state index in [1.165, 1.54) is 0 Å². The maximum absolute atomic E-state index is 13.1. The van der Waals surface area contributed by atoms with E-state index in [-0.39, 0.29) is 6.61 Å². The molecule has 0 spiro atoms. The molecule has 3 rings (SSSR count). The Morgan fingerprint density at radius 3 is 1.64 bits per heavy atom. The van der Waals surface area contributed by atoms with E-state index in [9.17, 15) is 14.7 Å². The van der Waals surface area contributed by atoms with Crippen LogP contribution in [0, 0.1) is 0 Å². The number of esters is 1. The third-order valence-corrected chi connectivity index (χ3v) is 5.52. The summed E-state index contributed by atoms with van der Waals surface area (Å²) in [6.07, 6.45) is 0. The molecule has 0 aliphatic rings. The third-order valence-electron chi connectivity index (χ3n) is 5.52. The summed E-state index contributed by atoms with van der Waals surface area (Å²) in [5, 5.41) is 15.7. The van der Waals surface area contributed by atoms with E-state index in [1.54, 1.807) is 13.8 Å². The number of benzene rings is 3. The largest absolute Gasteiger partial charge is 0.464 e. The molecule has 0 aliphatic carbocycles. The van der Waals surface area contributed by atoms with E-state index in [0.717, 1.165) is 16.7 Å². The van der Waals surface area contributed by atoms with Crippen LogP contribution in [0.3, 0.4) is 0 Å². The van der Waals surface area contributed by atoms with Crippen LogP contribution in [-0.4, -0.2) is 42.3 Å². The smallest absolute Gasteiger partial charge is 0.331 e. The maximum Gasteiger partial charge on any atom is 0.331 e. The Balaban J connectivity index is 2.03. The Kier molecular flexibility index (Phi) is 8.35. The first kappa shape index (κ1) is 24.2. The molecule has 1 unspecified atom stereocenters. The molecule has 0 radical (unpaired) electrons. The molecule has 0 heterocycles. The van der Waals surface area contributed by atoms with Crippen molar-refractivity contribution in [3.05, 3.63) is 108 Å². The summed E-state index contributed by atoms with van der Waals surface area (Å²) in [5.41, 5.74) is 2.06. The van der Waals surface area contributed by atoms with E-state index in [4.69, 9.17) is 4.74 Å². The second-order valence-electron chi connectivity index (χ2n) is 7.71. The van der Waals surface area contributed by atoms with Crippen LogP contribution in [0.25, 0.3) is 0 Å². The first-order valence-corrected chi connectivity index (χ1v) is 11.0. The summed E-state index contributed by atoms with van der Waals surface area (Å²) in [6.45, 7) is 3.03. The minimum atomic E-state index is -1.12. The van der Waals surface area contributed by atoms with Gasteiger partial charge in [0.15, 0.2) is 6.04 Å². The number of hydrogen-bond acceptors (Lipinski definition) is 5. The van der Waals surface area contributed by atoms with Gasteiger partial charge in [-0.2, -0.15) is 0 Å². The van der Waals surface area contributed by atoms with Crippen molar-refractivity contribution < 1.29 is 19.4 Å². The lowest BCUT2D eigenvalue weighted by Gasteiger charge is -2.39. The molecule has 33 heavy (non-hydrogen) atoms. The molecule has 0 aromatic heterocycles. The van der Waals surface area contributed by atoms with E-state index >= 15 is 0 Å². The lowest BCUT2D eigenvalue weighted by atomic mass is 9.76. The SMILES string of the molecule is CCOC(=O)[C@H](CO)NC(=O)C(C)NC(c1ccccc1)(c1ccccc1)c1ccccc1. The van der Waals surface area contributed by atoms with Crippen LogP contribution in [0.1, 0.15) is 30.5 Å². The Morgan fingerprint density at radius 2 is 1.27 bits per heavy atom. The molecule has 0 aliphatic heterocycles. The van der Waals surface area contributed by atoms with E-state index < -0.39 is 36.1 Å². The van der Waals surface area contributed by atoms with Gasteiger partial charge in [0.1, 0.15) is 0 Å². The van der Waals surface area contributed by atoms with Gasteiger partial charge in [-0.05, 0) is 30.5 Å². The molecule has 1 amide bonds. The van der Waals surface area contributed by atoms with E-state index in [2.05, 4.69) is 10.6 Å². The predicted molar refractivity (Wildman–Crippen MR) is 127 cm³/mol. The predicted octanol–water partition coefficient (Wildman–Crippen LogP) is 3.00. The molecule has 2 atom stereocenters. The zero-order valence-electron chi connectivity index (χ0n) is 18.9. The second-order valence-corrected chi connectivity index (χ2v) is 7.71. The zero-order valence-corrected chi connectivity index (χ0v) is 18.9. The topological polar surface area (TPSA) is 87.7 Å². The number of carbonyl (C=O) groups excluding carboxylic acids is 2. The summed E-state index contributed by atoms with van der Waals surface area (Å²) in [4.78, 5) is 25.2. The fraction of sp³-hybridized carbons (Fsp3) is 0.259. The number of ether oxygens (including phenoxy) is 1. The highest BCUT2D eigenvalue weighted by molar-refractivity contribution is 5.87. The average molecular weight is 447 g/mol. The van der Waals surface area contributed by atoms with Crippen LogP contribution >= 0.6 is 0 Å². The second kappa shape index (κ2) is 11.4. The van der Waals surface area contributed by atoms with Gasteiger partial charge in [-0.25, -0.2) is 4.79 Å². The van der Waals surface area contributed by atoms with Crippen LogP contribution in [0.5, 0.6) is 0 Å². The molecule has 0 fully saturated rings. The normalized spacial score (nSPS) is 13.1. The van der Waals surface area contributed by atoms with Gasteiger partial charge in [0, 0.05) is 0 Å². The summed E-state index contributed by atoms with van der Waals surface area (Å²) in [6, 6.07) is 27.9. The van der Waals surface area contributed by atoms with Gasteiger partial charge in [-0.15, -0.1) is 0 Å². The number of carbonyl (C=O) groups is 2. The Bertz CT molecular complexity index is 929. The summed E-state index contributed by atoms with van der Waals surface area (Å²) in [7, 11) is 0. The lowest BCUT2D eigenvalue weighted by molar-refractivity contribution is -0.148. The highest BCUT2D eigenvalue weighted by atomic mass is 16.5. The maximum atomic E-state index is 13.1. The van der Waals surface area contributed by atoms with Crippen molar-refractivity contribution in [1.29, 1.82) is 0 Å². The third kappa shape index (κ3) is 5.48. The number of amides is 1. The van der Waals surface area contributed by atoms with Crippen LogP contribution in [0.2, 0.25) is 0 Å². The number of rotatable bonds is 10. The fourth-order valence-electron chi connectivity index (χ4n) is 3.92. The molecule has 0 saturated heterocycles. The van der Waals surface area contributed by atoms with Gasteiger partial charge in [-0.1, -0.05) is 91.0 Å². The Hall–Kier alpha value is -3.48. The zero-order chi connectivity index (χ0) is 23.7. The molecule has 3 aromatic rings. The van der Waals surface area contributed by atoms with Gasteiger partial charge in [0.25, 0.3) is 0 Å². The van der Waals surface area contributed by atoms with E-state index in [0.29, 0.717) is 0 Å². The minimum Gasteiger partial charge on any atom is -0.464 e. The van der Waals surface area contributed by atoms with Crippen molar-refractivity contribution in [2.24, 2.45) is 0 Å². The molecule has 172 valence electrons. The van der Waals surface area contributed by atoms with Crippen LogP contribution < -0.4 is 10.6 Å². The molecular weight excluding hydrogens is 416 g/mol. The van der Waals surface area contributed by atoms with Crippen molar-refractivity contribution in [1.82, 2.24) is 10.6 Å². The molecule has 6 nitrogen and oxygen atoms in total. The van der Waals surface area contributed by atoms with Crippen molar-refractivity contribution in [3.63, 3.8) is 0 Å². The number of aliphatic hydroxyl groups excluding tert-OH is 1. The standard InChI is InChI=1S/C27H30N2O4/c1-3-33-26(32)24(19-30)28-25(31)20(2)29-27(21-13-7-4-8-14-21,22-15-9-5-10-16-22)23-17-11-6-12-18-23/h4-18,20,24,29-30H,3,19H2,1-2H3,(H,28,31)/t20?,24-/m0/s1. The van der Waals surface area contributed by atoms with Gasteiger partial charge < -0.3 is 15.2 Å². The van der Waals surface area contributed by atoms with Crippen LogP contribution in [-0.2, 0) is 19.9 Å². The van der Waals surface area contributed by atoms with Crippen molar-refractivity contribution in [2.45, 2.75) is 31.5 Å². The molecular formula is C27H30N2O4. The molecule has 3 N–H and O–H groups in total. The van der Waals surface area contributed by atoms with E-state index in [1.807, 2.05) is 91.0 Å². The van der Waals surface area contributed by atoms with Crippen LogP contribution in [0.4, 0.5) is 0 Å². The summed E-state index contributed by atoms with van der Waals surface area (Å²) >= 11 is 0. The Labute approximate surface area is 194 Å². The lowest BCUT2D eigenvalue weighted by Crippen LogP contribution is -2.56. The van der Waals surface area contributed by atoms with Crippen molar-refractivity contribution >= 4 is 11.9 Å². The Morgan fingerprint density at radius 1 is 0.848 bits per heavy atom. The fourth-order valence-corrected chi connectivity index (χ4v) is 3.92. The number of aliphatic hydroxyl groups is 1. The quantitative estimate of drug-likeness (QED) is 0.329. The highest BCUT2D eigenvalue weighted by Gasteiger charge is 2.39. The molecule has 0 saturated carbocycles. The first-order chi connectivity index (χ1) is 16.0. The molecule has 0 bridgehead atoms. The molecule has 3 aromatic carbocycles. The monoisotopic (exact) mass is 446 g/mol. The van der Waals surface area contributed by atoms with Gasteiger partial charge in [0.05, 0.1) is 24.8 Å². The van der Waals surface area contributed by atoms with Gasteiger partial charge in [-0.3, -0.25) is 10.1 Å². The van der Waals surface area contributed by atoms with Crippen molar-refractivity contribution in [2.75, 3.05) is 13.2 Å². The highest BCUT2D eigenvalue weighted by Crippen LogP contribution is 2.37. The van der Waals surface area contributed by atoms with Gasteiger partial charge >= 0.3 is 5.97 Å². The average Bonchev–Trinajstić information content (AvgIpc) is 2.87. The van der Waals surface area contributed by atoms with Gasteiger partial charge in [0.2, 0.25) is 5.91 Å². The summed E-state index contributed by atoms with van der Waals surface area (Å²) < 4.78 is 4.95. The number of nitrogens with one attached hydrogen (secondary N) is 2. The molecule has 6 heteroatoms. The minimum absolute atomic E-state index is 0.165. The van der Waals surface area contributed by atoms with Crippen molar-refractivity contribution in [3.8, 4) is 0 Å². The van der Waals surface area contributed by atoms with Crippen LogP contribution in [0.15, 0.2) is 91.0 Å². The summed E-state index contributed by atoms with van der Waals surface area (Å²) in [5.74, 6) is -1.09. The first-order valence-electron chi connectivity index (χ1n) is 11.0.